The summed E-state index contributed by atoms with van der Waals surface area (Å²) >= 11 is 0. The quantitative estimate of drug-likeness (QED) is 0.233. The maximum atomic E-state index is 12.8. The molecule has 0 atom stereocenters. The van der Waals surface area contributed by atoms with Gasteiger partial charge >= 0.3 is 0 Å². The maximum Gasteiger partial charge on any atom is 0.280 e. The number of amidine groups is 1. The molecular weight excluding hydrogens is 332 g/mol. The Labute approximate surface area is 148 Å². The molecule has 0 aliphatic rings. The van der Waals surface area contributed by atoms with E-state index in [1.165, 1.54) is 10.9 Å². The van der Waals surface area contributed by atoms with Crippen LogP contribution in [0.4, 0.5) is 0 Å². The number of aryl methyl sites for hydroxylation is 1. The Morgan fingerprint density at radius 3 is 2.62 bits per heavy atom. The van der Waals surface area contributed by atoms with Crippen LogP contribution in [0.1, 0.15) is 16.8 Å². The van der Waals surface area contributed by atoms with Crippen molar-refractivity contribution < 1.29 is 0 Å². The Morgan fingerprint density at radius 1 is 1.31 bits per heavy atom. The van der Waals surface area contributed by atoms with Crippen molar-refractivity contribution >= 4 is 5.84 Å². The number of hydrogen-bond acceptors (Lipinski definition) is 6. The van der Waals surface area contributed by atoms with Crippen LogP contribution in [0.2, 0.25) is 0 Å². The zero-order valence-electron chi connectivity index (χ0n) is 13.9. The van der Waals surface area contributed by atoms with E-state index in [-0.39, 0.29) is 11.4 Å². The third-order valence-electron chi connectivity index (χ3n) is 3.83. The fraction of sp³-hybridized carbons (Fsp3) is 0.0588. The van der Waals surface area contributed by atoms with E-state index >= 15 is 0 Å². The Balaban J connectivity index is 2.01. The molecule has 9 heteroatoms. The van der Waals surface area contributed by atoms with Gasteiger partial charge in [-0.1, -0.05) is 12.1 Å². The third kappa shape index (κ3) is 3.04. The summed E-state index contributed by atoms with van der Waals surface area (Å²) in [5, 5.41) is 15.6. The molecule has 0 bridgehead atoms. The largest absolute Gasteiger partial charge is 0.382 e. The second kappa shape index (κ2) is 6.92. The second-order valence-electron chi connectivity index (χ2n) is 5.47. The third-order valence-corrected chi connectivity index (χ3v) is 3.83. The van der Waals surface area contributed by atoms with E-state index in [4.69, 9.17) is 16.8 Å². The first-order valence-electron chi connectivity index (χ1n) is 7.63. The molecule has 0 saturated carbocycles. The van der Waals surface area contributed by atoms with Crippen molar-refractivity contribution in [2.75, 3.05) is 0 Å². The summed E-state index contributed by atoms with van der Waals surface area (Å²) in [6.07, 6.45) is 1.50. The zero-order valence-corrected chi connectivity index (χ0v) is 13.9. The number of aromatic amines is 1. The first kappa shape index (κ1) is 16.9. The standard InChI is InChI=1S/C17H16N8O/c1-10-15(12-4-2-11(8-18)3-5-12)17(26)25(23-10)14-7-6-13(9-21-14)16(19)22-24-20/h2-7,9,23-24H,20H2,1H3,(H2,19,22). The number of H-pyrrole nitrogens is 1. The molecule has 3 rings (SSSR count). The smallest absolute Gasteiger partial charge is 0.280 e. The summed E-state index contributed by atoms with van der Waals surface area (Å²) in [4.78, 5) is 17.1. The number of benzene rings is 1. The van der Waals surface area contributed by atoms with Crippen molar-refractivity contribution in [1.82, 2.24) is 20.3 Å². The van der Waals surface area contributed by atoms with Crippen LogP contribution in [0.3, 0.4) is 0 Å². The highest BCUT2D eigenvalue weighted by Crippen LogP contribution is 2.20. The van der Waals surface area contributed by atoms with E-state index in [9.17, 15) is 4.79 Å². The second-order valence-corrected chi connectivity index (χ2v) is 5.47. The van der Waals surface area contributed by atoms with Gasteiger partial charge in [-0.2, -0.15) is 5.26 Å². The number of hydrogen-bond donors (Lipinski definition) is 4. The van der Waals surface area contributed by atoms with Gasteiger partial charge in [0.1, 0.15) is 0 Å². The SMILES string of the molecule is Cc1[nH]n(-c2ccc(/C(N)=N/NN)cn2)c(=O)c1-c1ccc(C#N)cc1. The molecule has 0 fully saturated rings. The molecule has 0 amide bonds. The molecule has 130 valence electrons. The first-order chi connectivity index (χ1) is 12.5. The molecule has 9 nitrogen and oxygen atoms in total. The van der Waals surface area contributed by atoms with Crippen LogP contribution in [0.25, 0.3) is 16.9 Å². The van der Waals surface area contributed by atoms with Gasteiger partial charge in [0.25, 0.3) is 5.56 Å². The molecule has 1 aromatic carbocycles. The van der Waals surface area contributed by atoms with Gasteiger partial charge in [-0.3, -0.25) is 9.89 Å². The average Bonchev–Trinajstić information content (AvgIpc) is 2.96. The van der Waals surface area contributed by atoms with Crippen LogP contribution in [0.5, 0.6) is 0 Å². The Bertz CT molecular complexity index is 1050. The van der Waals surface area contributed by atoms with Gasteiger partial charge < -0.3 is 5.73 Å². The lowest BCUT2D eigenvalue weighted by Crippen LogP contribution is -2.23. The number of aromatic nitrogens is 3. The number of nitrogens with two attached hydrogens (primary N) is 2. The molecule has 0 unspecified atom stereocenters. The van der Waals surface area contributed by atoms with Crippen LogP contribution in [-0.4, -0.2) is 20.6 Å². The summed E-state index contributed by atoms with van der Waals surface area (Å²) in [5.41, 5.74) is 10.6. The average molecular weight is 348 g/mol. The first-order valence-corrected chi connectivity index (χ1v) is 7.63. The van der Waals surface area contributed by atoms with E-state index in [1.807, 2.05) is 0 Å². The molecule has 0 spiro atoms. The van der Waals surface area contributed by atoms with Gasteiger partial charge in [0.05, 0.1) is 17.2 Å². The number of nitrogens with one attached hydrogen (secondary N) is 2. The molecule has 0 radical (unpaired) electrons. The predicted molar refractivity (Wildman–Crippen MR) is 97.1 cm³/mol. The van der Waals surface area contributed by atoms with Crippen LogP contribution in [0, 0.1) is 18.3 Å². The molecule has 6 N–H and O–H groups in total. The van der Waals surface area contributed by atoms with Gasteiger partial charge in [0.15, 0.2) is 11.7 Å². The molecule has 0 aliphatic carbocycles. The van der Waals surface area contributed by atoms with Crippen molar-refractivity contribution in [3.63, 3.8) is 0 Å². The van der Waals surface area contributed by atoms with E-state index in [1.54, 1.807) is 43.3 Å². The zero-order chi connectivity index (χ0) is 18.7. The van der Waals surface area contributed by atoms with Crippen molar-refractivity contribution in [2.24, 2.45) is 16.7 Å². The Morgan fingerprint density at radius 2 is 2.04 bits per heavy atom. The van der Waals surface area contributed by atoms with Gasteiger partial charge in [-0.25, -0.2) is 21.0 Å². The molecule has 2 aromatic heterocycles. The Kier molecular flexibility index (Phi) is 4.51. The lowest BCUT2D eigenvalue weighted by molar-refractivity contribution is 0.800. The fourth-order valence-electron chi connectivity index (χ4n) is 2.56. The van der Waals surface area contributed by atoms with Gasteiger partial charge in [0, 0.05) is 17.5 Å². The summed E-state index contributed by atoms with van der Waals surface area (Å²) < 4.78 is 1.35. The predicted octanol–water partition coefficient (Wildman–Crippen LogP) is 0.491. The minimum absolute atomic E-state index is 0.180. The normalized spacial score (nSPS) is 11.2. The van der Waals surface area contributed by atoms with Crippen LogP contribution in [0.15, 0.2) is 52.5 Å². The van der Waals surface area contributed by atoms with Crippen molar-refractivity contribution in [3.05, 3.63) is 69.8 Å². The number of nitrogens with zero attached hydrogens (tertiary/aromatic N) is 4. The summed E-state index contributed by atoms with van der Waals surface area (Å²) in [7, 11) is 0. The van der Waals surface area contributed by atoms with E-state index in [0.717, 1.165) is 5.56 Å². The Hall–Kier alpha value is -3.90. The summed E-state index contributed by atoms with van der Waals surface area (Å²) in [6, 6.07) is 12.2. The minimum Gasteiger partial charge on any atom is -0.382 e. The highest BCUT2D eigenvalue weighted by Gasteiger charge is 2.15. The van der Waals surface area contributed by atoms with E-state index in [2.05, 4.69) is 26.8 Å². The van der Waals surface area contributed by atoms with Crippen LogP contribution >= 0.6 is 0 Å². The fourth-order valence-corrected chi connectivity index (χ4v) is 2.56. The number of pyridine rings is 1. The molecule has 0 saturated heterocycles. The topological polar surface area (TPSA) is 151 Å². The molecule has 3 aromatic rings. The van der Waals surface area contributed by atoms with Gasteiger partial charge in [0.2, 0.25) is 0 Å². The number of hydrazone groups is 1. The van der Waals surface area contributed by atoms with Gasteiger partial charge in [-0.05, 0) is 36.8 Å². The minimum atomic E-state index is -0.238. The molecular formula is C17H16N8O. The monoisotopic (exact) mass is 348 g/mol. The van der Waals surface area contributed by atoms with E-state index < -0.39 is 0 Å². The number of nitriles is 1. The maximum absolute atomic E-state index is 12.8. The number of rotatable bonds is 4. The van der Waals surface area contributed by atoms with Crippen molar-refractivity contribution in [2.45, 2.75) is 6.92 Å². The van der Waals surface area contributed by atoms with E-state index in [0.29, 0.717) is 28.2 Å². The molecule has 2 heterocycles. The number of hydrazine groups is 1. The lowest BCUT2D eigenvalue weighted by atomic mass is 10.1. The van der Waals surface area contributed by atoms with Crippen LogP contribution in [-0.2, 0) is 0 Å². The van der Waals surface area contributed by atoms with Crippen LogP contribution < -0.4 is 22.7 Å². The summed E-state index contributed by atoms with van der Waals surface area (Å²) in [5.74, 6) is 5.69. The molecule has 0 aliphatic heterocycles. The summed E-state index contributed by atoms with van der Waals surface area (Å²) in [6.45, 7) is 1.80. The highest BCUT2D eigenvalue weighted by atomic mass is 16.1. The van der Waals surface area contributed by atoms with Gasteiger partial charge in [-0.15, -0.1) is 5.10 Å². The lowest BCUT2D eigenvalue weighted by Gasteiger charge is -2.03. The highest BCUT2D eigenvalue weighted by molar-refractivity contribution is 5.97. The van der Waals surface area contributed by atoms with Crippen molar-refractivity contribution in [3.8, 4) is 23.0 Å². The molecule has 26 heavy (non-hydrogen) atoms. The van der Waals surface area contributed by atoms with Crippen molar-refractivity contribution in [1.29, 1.82) is 5.26 Å².